The summed E-state index contributed by atoms with van der Waals surface area (Å²) in [4.78, 5) is 0. The topological polar surface area (TPSA) is 39.1 Å². The molecule has 4 nitrogen and oxygen atoms in total. The van der Waals surface area contributed by atoms with Gasteiger partial charge < -0.3 is 10.1 Å². The molecule has 0 bridgehead atoms. The minimum absolute atomic E-state index is 0.534. The maximum absolute atomic E-state index is 5.70. The second-order valence-electron chi connectivity index (χ2n) is 5.66. The summed E-state index contributed by atoms with van der Waals surface area (Å²) >= 11 is 0. The van der Waals surface area contributed by atoms with Crippen LogP contribution in [0.15, 0.2) is 30.5 Å². The predicted molar refractivity (Wildman–Crippen MR) is 86.0 cm³/mol. The lowest BCUT2D eigenvalue weighted by atomic mass is 10.2. The quantitative estimate of drug-likeness (QED) is 0.849. The minimum Gasteiger partial charge on any atom is -0.493 e. The number of aromatic nitrogens is 2. The van der Waals surface area contributed by atoms with Gasteiger partial charge in [0.25, 0.3) is 0 Å². The van der Waals surface area contributed by atoms with Gasteiger partial charge in [0.1, 0.15) is 5.75 Å². The standard InChI is InChI=1S/C17H25N3O/c1-5-18-10-15-11-20(19-14(15)4)16-6-8-17(9-7-16)21-12-13(2)3/h6-9,11,13,18H,5,10,12H2,1-4H3. The van der Waals surface area contributed by atoms with Crippen LogP contribution in [0.4, 0.5) is 0 Å². The van der Waals surface area contributed by atoms with E-state index < -0.39 is 0 Å². The molecule has 21 heavy (non-hydrogen) atoms. The number of ether oxygens (including phenoxy) is 1. The summed E-state index contributed by atoms with van der Waals surface area (Å²) in [5, 5.41) is 7.91. The Kier molecular flexibility index (Phi) is 5.39. The van der Waals surface area contributed by atoms with Gasteiger partial charge in [-0.1, -0.05) is 20.8 Å². The second kappa shape index (κ2) is 7.27. The average Bonchev–Trinajstić information content (AvgIpc) is 2.84. The molecule has 1 heterocycles. The Morgan fingerprint density at radius 3 is 2.57 bits per heavy atom. The van der Waals surface area contributed by atoms with Gasteiger partial charge in [0.05, 0.1) is 18.0 Å². The predicted octanol–water partition coefficient (Wildman–Crippen LogP) is 3.33. The van der Waals surface area contributed by atoms with Crippen molar-refractivity contribution in [1.29, 1.82) is 0 Å². The van der Waals surface area contributed by atoms with Crippen LogP contribution in [0.25, 0.3) is 5.69 Å². The second-order valence-corrected chi connectivity index (χ2v) is 5.66. The minimum atomic E-state index is 0.534. The molecular weight excluding hydrogens is 262 g/mol. The van der Waals surface area contributed by atoms with Gasteiger partial charge in [0.15, 0.2) is 0 Å². The number of rotatable bonds is 7. The van der Waals surface area contributed by atoms with Gasteiger partial charge in [0.2, 0.25) is 0 Å². The zero-order valence-corrected chi connectivity index (χ0v) is 13.4. The molecular formula is C17H25N3O. The number of nitrogens with zero attached hydrogens (tertiary/aromatic N) is 2. The van der Waals surface area contributed by atoms with E-state index in [1.165, 1.54) is 5.56 Å². The lowest BCUT2D eigenvalue weighted by Crippen LogP contribution is -2.11. The summed E-state index contributed by atoms with van der Waals surface area (Å²) in [5.41, 5.74) is 3.35. The molecule has 0 aliphatic carbocycles. The summed E-state index contributed by atoms with van der Waals surface area (Å²) in [6.07, 6.45) is 2.09. The van der Waals surface area contributed by atoms with Gasteiger partial charge in [0, 0.05) is 18.3 Å². The fourth-order valence-electron chi connectivity index (χ4n) is 2.02. The fraction of sp³-hybridized carbons (Fsp3) is 0.471. The maximum atomic E-state index is 5.70. The molecule has 0 amide bonds. The molecule has 1 N–H and O–H groups in total. The van der Waals surface area contributed by atoms with Crippen molar-refractivity contribution in [3.8, 4) is 11.4 Å². The Hall–Kier alpha value is -1.81. The van der Waals surface area contributed by atoms with E-state index in [1.54, 1.807) is 0 Å². The lowest BCUT2D eigenvalue weighted by Gasteiger charge is -2.09. The van der Waals surface area contributed by atoms with E-state index in [-0.39, 0.29) is 0 Å². The zero-order chi connectivity index (χ0) is 15.2. The highest BCUT2D eigenvalue weighted by molar-refractivity contribution is 5.37. The van der Waals surface area contributed by atoms with Gasteiger partial charge in [-0.15, -0.1) is 0 Å². The first-order valence-electron chi connectivity index (χ1n) is 7.59. The van der Waals surface area contributed by atoms with E-state index in [0.717, 1.165) is 36.8 Å². The first-order chi connectivity index (χ1) is 10.1. The van der Waals surface area contributed by atoms with Gasteiger partial charge in [-0.2, -0.15) is 5.10 Å². The van der Waals surface area contributed by atoms with E-state index in [9.17, 15) is 0 Å². The van der Waals surface area contributed by atoms with Crippen molar-refractivity contribution in [3.63, 3.8) is 0 Å². The van der Waals surface area contributed by atoms with E-state index in [4.69, 9.17) is 4.74 Å². The monoisotopic (exact) mass is 287 g/mol. The van der Waals surface area contributed by atoms with E-state index in [1.807, 2.05) is 35.9 Å². The molecule has 0 unspecified atom stereocenters. The normalized spacial score (nSPS) is 11.1. The molecule has 1 aromatic heterocycles. The van der Waals surface area contributed by atoms with Crippen LogP contribution in [0.3, 0.4) is 0 Å². The third-order valence-corrected chi connectivity index (χ3v) is 3.25. The third-order valence-electron chi connectivity index (χ3n) is 3.25. The van der Waals surface area contributed by atoms with Crippen LogP contribution >= 0.6 is 0 Å². The van der Waals surface area contributed by atoms with E-state index in [0.29, 0.717) is 5.92 Å². The van der Waals surface area contributed by atoms with Crippen LogP contribution in [-0.4, -0.2) is 22.9 Å². The van der Waals surface area contributed by atoms with Crippen LogP contribution in [0, 0.1) is 12.8 Å². The van der Waals surface area contributed by atoms with Gasteiger partial charge in [-0.3, -0.25) is 0 Å². The fourth-order valence-corrected chi connectivity index (χ4v) is 2.02. The molecule has 0 aliphatic heterocycles. The highest BCUT2D eigenvalue weighted by Crippen LogP contribution is 2.17. The molecule has 0 spiro atoms. The molecule has 114 valence electrons. The summed E-state index contributed by atoms with van der Waals surface area (Å²) in [7, 11) is 0. The molecule has 4 heteroatoms. The summed E-state index contributed by atoms with van der Waals surface area (Å²) in [6, 6.07) is 8.08. The molecule has 2 rings (SSSR count). The third kappa shape index (κ3) is 4.33. The number of benzene rings is 1. The molecule has 2 aromatic rings. The van der Waals surface area contributed by atoms with Crippen molar-refractivity contribution in [2.45, 2.75) is 34.2 Å². The molecule has 0 saturated heterocycles. The number of nitrogens with one attached hydrogen (secondary N) is 1. The van der Waals surface area contributed by atoms with Crippen molar-refractivity contribution in [2.24, 2.45) is 5.92 Å². The summed E-state index contributed by atoms with van der Waals surface area (Å²) in [5.74, 6) is 1.44. The van der Waals surface area contributed by atoms with Crippen molar-refractivity contribution >= 4 is 0 Å². The molecule has 0 aliphatic rings. The van der Waals surface area contributed by atoms with Crippen molar-refractivity contribution < 1.29 is 4.74 Å². The van der Waals surface area contributed by atoms with Gasteiger partial charge >= 0.3 is 0 Å². The first kappa shape index (κ1) is 15.6. The lowest BCUT2D eigenvalue weighted by molar-refractivity contribution is 0.271. The SMILES string of the molecule is CCNCc1cn(-c2ccc(OCC(C)C)cc2)nc1C. The zero-order valence-electron chi connectivity index (χ0n) is 13.4. The smallest absolute Gasteiger partial charge is 0.119 e. The van der Waals surface area contributed by atoms with E-state index >= 15 is 0 Å². The molecule has 0 radical (unpaired) electrons. The van der Waals surface area contributed by atoms with Gasteiger partial charge in [-0.25, -0.2) is 4.68 Å². The number of hydrogen-bond donors (Lipinski definition) is 1. The van der Waals surface area contributed by atoms with E-state index in [2.05, 4.69) is 37.4 Å². The number of hydrogen-bond acceptors (Lipinski definition) is 3. The molecule has 0 atom stereocenters. The first-order valence-corrected chi connectivity index (χ1v) is 7.59. The molecule has 0 fully saturated rings. The molecule has 0 saturated carbocycles. The number of aryl methyl sites for hydroxylation is 1. The maximum Gasteiger partial charge on any atom is 0.119 e. The van der Waals surface area contributed by atoms with Gasteiger partial charge in [-0.05, 0) is 43.7 Å². The average molecular weight is 287 g/mol. The Morgan fingerprint density at radius 2 is 1.95 bits per heavy atom. The largest absolute Gasteiger partial charge is 0.493 e. The van der Waals surface area contributed by atoms with Crippen LogP contribution in [0.1, 0.15) is 32.0 Å². The summed E-state index contributed by atoms with van der Waals surface area (Å²) < 4.78 is 7.63. The van der Waals surface area contributed by atoms with Crippen molar-refractivity contribution in [3.05, 3.63) is 41.7 Å². The molecule has 1 aromatic carbocycles. The Morgan fingerprint density at radius 1 is 1.24 bits per heavy atom. The Bertz CT molecular complexity index is 558. The highest BCUT2D eigenvalue weighted by atomic mass is 16.5. The van der Waals surface area contributed by atoms with Crippen molar-refractivity contribution in [2.75, 3.05) is 13.2 Å². The van der Waals surface area contributed by atoms with Crippen LogP contribution in [0.5, 0.6) is 5.75 Å². The Balaban J connectivity index is 2.08. The Labute approximate surface area is 127 Å². The highest BCUT2D eigenvalue weighted by Gasteiger charge is 2.06. The van der Waals surface area contributed by atoms with Crippen LogP contribution in [0.2, 0.25) is 0 Å². The van der Waals surface area contributed by atoms with Crippen LogP contribution in [-0.2, 0) is 6.54 Å². The summed E-state index contributed by atoms with van der Waals surface area (Å²) in [6.45, 7) is 11.0. The van der Waals surface area contributed by atoms with Crippen molar-refractivity contribution in [1.82, 2.24) is 15.1 Å². The van der Waals surface area contributed by atoms with Crippen LogP contribution < -0.4 is 10.1 Å².